The maximum absolute atomic E-state index is 10.1. The summed E-state index contributed by atoms with van der Waals surface area (Å²) in [5.41, 5.74) is 0.442. The first-order valence-electron chi connectivity index (χ1n) is 5.01. The highest BCUT2D eigenvalue weighted by molar-refractivity contribution is 6.36. The van der Waals surface area contributed by atoms with Gasteiger partial charge in [0.15, 0.2) is 0 Å². The third-order valence-electron chi connectivity index (χ3n) is 1.65. The van der Waals surface area contributed by atoms with E-state index in [2.05, 4.69) is 0 Å². The third-order valence-corrected chi connectivity index (χ3v) is 2.81. The van der Waals surface area contributed by atoms with E-state index in [9.17, 15) is 4.79 Å². The molecule has 0 radical (unpaired) electrons. The summed E-state index contributed by atoms with van der Waals surface area (Å²) in [6.45, 7) is 3.63. The normalized spacial score (nSPS) is 11.0. The molecule has 0 aliphatic carbocycles. The molecule has 0 spiro atoms. The van der Waals surface area contributed by atoms with Crippen molar-refractivity contribution in [2.75, 3.05) is 21.3 Å². The first-order valence-corrected chi connectivity index (χ1v) is 6.43. The van der Waals surface area contributed by atoms with Gasteiger partial charge in [0, 0.05) is 26.9 Å². The molecule has 6 heteroatoms. The standard InChI is InChI=1S/C7H12O2.C3H10O3Si/c1-3-4-5-6(2)7(8)9;1-4-7(5-2)6-3/h5H,3-4H2,1-2H3,(H,8,9);7H,1-3H3. The number of hydrogen-bond acceptors (Lipinski definition) is 4. The van der Waals surface area contributed by atoms with Crippen LogP contribution in [-0.4, -0.2) is 41.9 Å². The highest BCUT2D eigenvalue weighted by Gasteiger charge is 2.04. The van der Waals surface area contributed by atoms with E-state index in [1.54, 1.807) is 34.3 Å². The summed E-state index contributed by atoms with van der Waals surface area (Å²) in [5.74, 6) is -0.816. The van der Waals surface area contributed by atoms with Gasteiger partial charge in [-0.25, -0.2) is 4.79 Å². The molecule has 0 aliphatic rings. The van der Waals surface area contributed by atoms with Crippen LogP contribution >= 0.6 is 0 Å². The van der Waals surface area contributed by atoms with Crippen LogP contribution in [0.15, 0.2) is 11.6 Å². The quantitative estimate of drug-likeness (QED) is 0.571. The van der Waals surface area contributed by atoms with Crippen molar-refractivity contribution in [1.82, 2.24) is 0 Å². The largest absolute Gasteiger partial charge is 0.483 e. The second-order valence-corrected chi connectivity index (χ2v) is 4.97. The molecule has 96 valence electrons. The maximum atomic E-state index is 10.1. The van der Waals surface area contributed by atoms with Crippen molar-refractivity contribution < 1.29 is 23.2 Å². The molecular weight excluding hydrogens is 228 g/mol. The Morgan fingerprint density at radius 3 is 1.88 bits per heavy atom. The number of aliphatic carboxylic acids is 1. The van der Waals surface area contributed by atoms with Gasteiger partial charge >= 0.3 is 15.5 Å². The Morgan fingerprint density at radius 1 is 1.25 bits per heavy atom. The predicted octanol–water partition coefficient (Wildman–Crippen LogP) is 1.46. The van der Waals surface area contributed by atoms with Crippen molar-refractivity contribution in [2.24, 2.45) is 0 Å². The fourth-order valence-corrected chi connectivity index (χ4v) is 1.31. The lowest BCUT2D eigenvalue weighted by atomic mass is 10.2. The average Bonchev–Trinajstić information content (AvgIpc) is 2.29. The van der Waals surface area contributed by atoms with Gasteiger partial charge < -0.3 is 18.4 Å². The SMILES string of the molecule is CCCC=C(C)C(=O)O.CO[SiH](OC)OC. The molecule has 0 amide bonds. The Bertz CT molecular complexity index is 196. The average molecular weight is 250 g/mol. The summed E-state index contributed by atoms with van der Waals surface area (Å²) < 4.78 is 14.2. The number of carboxylic acids is 1. The molecule has 0 aliphatic heterocycles. The van der Waals surface area contributed by atoms with Crippen molar-refractivity contribution in [2.45, 2.75) is 26.7 Å². The number of carboxylic acid groups (broad SMARTS) is 1. The van der Waals surface area contributed by atoms with Crippen LogP contribution in [0.1, 0.15) is 26.7 Å². The molecule has 0 saturated heterocycles. The topological polar surface area (TPSA) is 65.0 Å². The lowest BCUT2D eigenvalue weighted by Gasteiger charge is -2.05. The minimum absolute atomic E-state index is 0.442. The summed E-state index contributed by atoms with van der Waals surface area (Å²) in [6.07, 6.45) is 3.60. The smallest absolute Gasteiger partial charge is 0.478 e. The molecule has 5 nitrogen and oxygen atoms in total. The molecule has 0 fully saturated rings. The van der Waals surface area contributed by atoms with Crippen LogP contribution < -0.4 is 0 Å². The van der Waals surface area contributed by atoms with Crippen molar-refractivity contribution >= 4 is 15.5 Å². The zero-order valence-electron chi connectivity index (χ0n) is 10.6. The number of allylic oxidation sites excluding steroid dienone is 1. The van der Waals surface area contributed by atoms with Crippen molar-refractivity contribution in [3.05, 3.63) is 11.6 Å². The van der Waals surface area contributed by atoms with E-state index in [1.807, 2.05) is 6.92 Å². The van der Waals surface area contributed by atoms with Gasteiger partial charge in [-0.05, 0) is 13.3 Å². The summed E-state index contributed by atoms with van der Waals surface area (Å²) in [6, 6.07) is 0. The molecule has 0 aromatic carbocycles. The number of rotatable bonds is 6. The number of hydrogen-bond donors (Lipinski definition) is 1. The first kappa shape index (κ1) is 17.7. The second-order valence-electron chi connectivity index (χ2n) is 2.98. The Hall–Kier alpha value is -0.693. The zero-order valence-corrected chi connectivity index (χ0v) is 11.8. The molecule has 0 unspecified atom stereocenters. The molecule has 0 heterocycles. The van der Waals surface area contributed by atoms with Crippen LogP contribution in [0.2, 0.25) is 0 Å². The summed E-state index contributed by atoms with van der Waals surface area (Å²) in [4.78, 5) is 10.1. The number of unbranched alkanes of at least 4 members (excludes halogenated alkanes) is 1. The van der Waals surface area contributed by atoms with E-state index in [4.69, 9.17) is 18.4 Å². The minimum atomic E-state index is -1.67. The van der Waals surface area contributed by atoms with Crippen LogP contribution in [-0.2, 0) is 18.1 Å². The number of carbonyl (C=O) groups is 1. The summed E-state index contributed by atoms with van der Waals surface area (Å²) in [7, 11) is 3.05. The monoisotopic (exact) mass is 250 g/mol. The van der Waals surface area contributed by atoms with E-state index in [1.165, 1.54) is 0 Å². The minimum Gasteiger partial charge on any atom is -0.478 e. The zero-order chi connectivity index (χ0) is 13.0. The molecule has 0 rings (SSSR count). The second kappa shape index (κ2) is 12.4. The first-order chi connectivity index (χ1) is 7.53. The molecule has 0 bridgehead atoms. The highest BCUT2D eigenvalue weighted by atomic mass is 28.3. The fraction of sp³-hybridized carbons (Fsp3) is 0.700. The maximum Gasteiger partial charge on any atom is 0.483 e. The van der Waals surface area contributed by atoms with Crippen molar-refractivity contribution in [3.63, 3.8) is 0 Å². The Balaban J connectivity index is 0. The van der Waals surface area contributed by atoms with Gasteiger partial charge in [-0.1, -0.05) is 19.4 Å². The molecule has 1 N–H and O–H groups in total. The van der Waals surface area contributed by atoms with E-state index >= 15 is 0 Å². The lowest BCUT2D eigenvalue weighted by Crippen LogP contribution is -2.21. The van der Waals surface area contributed by atoms with E-state index < -0.39 is 15.5 Å². The van der Waals surface area contributed by atoms with Crippen LogP contribution in [0.3, 0.4) is 0 Å². The lowest BCUT2D eigenvalue weighted by molar-refractivity contribution is -0.132. The Kier molecular flexibility index (Phi) is 13.7. The molecule has 0 aromatic heterocycles. The molecule has 0 atom stereocenters. The highest BCUT2D eigenvalue weighted by Crippen LogP contribution is 1.96. The Morgan fingerprint density at radius 2 is 1.69 bits per heavy atom. The molecule has 0 saturated carbocycles. The van der Waals surface area contributed by atoms with Gasteiger partial charge in [0.2, 0.25) is 0 Å². The van der Waals surface area contributed by atoms with Gasteiger partial charge in [0.05, 0.1) is 0 Å². The van der Waals surface area contributed by atoms with Gasteiger partial charge in [-0.3, -0.25) is 0 Å². The Labute approximate surface area is 99.0 Å². The molecule has 0 aromatic rings. The van der Waals surface area contributed by atoms with Gasteiger partial charge in [0.1, 0.15) is 0 Å². The summed E-state index contributed by atoms with van der Waals surface area (Å²) in [5, 5.41) is 8.34. The van der Waals surface area contributed by atoms with E-state index in [0.29, 0.717) is 5.57 Å². The van der Waals surface area contributed by atoms with Crippen molar-refractivity contribution in [1.29, 1.82) is 0 Å². The fourth-order valence-electron chi connectivity index (χ4n) is 0.737. The van der Waals surface area contributed by atoms with Crippen LogP contribution in [0.5, 0.6) is 0 Å². The van der Waals surface area contributed by atoms with E-state index in [0.717, 1.165) is 12.8 Å². The third kappa shape index (κ3) is 11.4. The van der Waals surface area contributed by atoms with E-state index in [-0.39, 0.29) is 0 Å². The predicted molar refractivity (Wildman–Crippen MR) is 64.5 cm³/mol. The van der Waals surface area contributed by atoms with Crippen LogP contribution in [0.25, 0.3) is 0 Å². The van der Waals surface area contributed by atoms with Crippen LogP contribution in [0.4, 0.5) is 0 Å². The molecular formula is C10H22O5Si. The summed E-state index contributed by atoms with van der Waals surface area (Å²) >= 11 is 0. The van der Waals surface area contributed by atoms with Crippen molar-refractivity contribution in [3.8, 4) is 0 Å². The van der Waals surface area contributed by atoms with Gasteiger partial charge in [0.25, 0.3) is 0 Å². The van der Waals surface area contributed by atoms with Gasteiger partial charge in [-0.15, -0.1) is 0 Å². The van der Waals surface area contributed by atoms with Crippen LogP contribution in [0, 0.1) is 0 Å². The van der Waals surface area contributed by atoms with Gasteiger partial charge in [-0.2, -0.15) is 0 Å². The molecule has 16 heavy (non-hydrogen) atoms.